The standard InChI is InChI=1S/C14H16N2O3/c17-14(18)7-3-4-10-19-13-6-2-1-5-12(13)16-9-8-15-11-16/h1-2,5-6,8-9,11H,3-4,7,10H2,(H,17,18). The first kappa shape index (κ1) is 13.1. The first-order valence-corrected chi connectivity index (χ1v) is 6.19. The number of imidazole rings is 1. The molecule has 0 aliphatic rings. The summed E-state index contributed by atoms with van der Waals surface area (Å²) in [5.41, 5.74) is 0.929. The molecule has 100 valence electrons. The fraction of sp³-hybridized carbons (Fsp3) is 0.286. The highest BCUT2D eigenvalue weighted by molar-refractivity contribution is 5.66. The number of aromatic nitrogens is 2. The number of hydrogen-bond donors (Lipinski definition) is 1. The number of aliphatic carboxylic acids is 1. The second kappa shape index (κ2) is 6.58. The molecule has 0 amide bonds. The Bertz CT molecular complexity index is 523. The maximum atomic E-state index is 10.4. The van der Waals surface area contributed by atoms with Gasteiger partial charge in [-0.3, -0.25) is 4.79 Å². The van der Waals surface area contributed by atoms with Crippen LogP contribution in [-0.2, 0) is 4.79 Å². The third kappa shape index (κ3) is 3.84. The molecule has 5 nitrogen and oxygen atoms in total. The van der Waals surface area contributed by atoms with Crippen LogP contribution in [0.1, 0.15) is 19.3 Å². The van der Waals surface area contributed by atoms with Crippen LogP contribution in [0, 0.1) is 0 Å². The summed E-state index contributed by atoms with van der Waals surface area (Å²) < 4.78 is 7.58. The summed E-state index contributed by atoms with van der Waals surface area (Å²) in [7, 11) is 0. The maximum absolute atomic E-state index is 10.4. The average Bonchev–Trinajstić information content (AvgIpc) is 2.92. The summed E-state index contributed by atoms with van der Waals surface area (Å²) in [5, 5.41) is 8.55. The molecule has 2 aromatic rings. The van der Waals surface area contributed by atoms with Crippen molar-refractivity contribution in [2.45, 2.75) is 19.3 Å². The summed E-state index contributed by atoms with van der Waals surface area (Å²) in [6.07, 6.45) is 6.82. The van der Waals surface area contributed by atoms with Gasteiger partial charge in [-0.1, -0.05) is 12.1 Å². The Morgan fingerprint density at radius 3 is 2.89 bits per heavy atom. The molecule has 1 aromatic carbocycles. The number of carboxylic acids is 1. The number of benzene rings is 1. The summed E-state index contributed by atoms with van der Waals surface area (Å²) >= 11 is 0. The van der Waals surface area contributed by atoms with Crippen LogP contribution in [-0.4, -0.2) is 27.2 Å². The second-order valence-electron chi connectivity index (χ2n) is 4.14. The molecule has 0 radical (unpaired) electrons. The minimum Gasteiger partial charge on any atom is -0.491 e. The molecule has 1 aromatic heterocycles. The number of para-hydroxylation sites is 2. The predicted molar refractivity (Wildman–Crippen MR) is 70.5 cm³/mol. The van der Waals surface area contributed by atoms with Gasteiger partial charge in [-0.25, -0.2) is 4.98 Å². The topological polar surface area (TPSA) is 64.3 Å². The van der Waals surface area contributed by atoms with Crippen molar-refractivity contribution in [2.75, 3.05) is 6.61 Å². The molecule has 1 N–H and O–H groups in total. The number of nitrogens with zero attached hydrogens (tertiary/aromatic N) is 2. The fourth-order valence-electron chi connectivity index (χ4n) is 1.75. The Morgan fingerprint density at radius 2 is 2.16 bits per heavy atom. The van der Waals surface area contributed by atoms with Gasteiger partial charge in [-0.05, 0) is 25.0 Å². The van der Waals surface area contributed by atoms with Crippen LogP contribution in [0.5, 0.6) is 5.75 Å². The zero-order chi connectivity index (χ0) is 13.5. The van der Waals surface area contributed by atoms with Crippen LogP contribution in [0.25, 0.3) is 5.69 Å². The number of carboxylic acid groups (broad SMARTS) is 1. The molecule has 0 saturated carbocycles. The van der Waals surface area contributed by atoms with Gasteiger partial charge >= 0.3 is 5.97 Å². The Labute approximate surface area is 111 Å². The van der Waals surface area contributed by atoms with Gasteiger partial charge in [-0.15, -0.1) is 0 Å². The van der Waals surface area contributed by atoms with Crippen molar-refractivity contribution in [3.05, 3.63) is 43.0 Å². The Morgan fingerprint density at radius 1 is 1.32 bits per heavy atom. The summed E-state index contributed by atoms with van der Waals surface area (Å²) in [5.74, 6) is 0.00893. The Balaban J connectivity index is 1.92. The van der Waals surface area contributed by atoms with Gasteiger partial charge in [-0.2, -0.15) is 0 Å². The van der Waals surface area contributed by atoms with Crippen molar-refractivity contribution in [1.29, 1.82) is 0 Å². The van der Waals surface area contributed by atoms with Crippen LogP contribution in [0.15, 0.2) is 43.0 Å². The molecule has 0 atom stereocenters. The Kier molecular flexibility index (Phi) is 4.55. The van der Waals surface area contributed by atoms with E-state index in [1.54, 1.807) is 12.5 Å². The smallest absolute Gasteiger partial charge is 0.303 e. The third-order valence-corrected chi connectivity index (χ3v) is 2.69. The van der Waals surface area contributed by atoms with Crippen molar-refractivity contribution in [3.8, 4) is 11.4 Å². The summed E-state index contributed by atoms with van der Waals surface area (Å²) in [6.45, 7) is 0.513. The quantitative estimate of drug-likeness (QED) is 0.777. The first-order valence-electron chi connectivity index (χ1n) is 6.19. The highest BCUT2D eigenvalue weighted by Gasteiger charge is 2.04. The lowest BCUT2D eigenvalue weighted by molar-refractivity contribution is -0.137. The largest absolute Gasteiger partial charge is 0.491 e. The van der Waals surface area contributed by atoms with E-state index in [4.69, 9.17) is 9.84 Å². The van der Waals surface area contributed by atoms with E-state index in [9.17, 15) is 4.79 Å². The number of hydrogen-bond acceptors (Lipinski definition) is 3. The van der Waals surface area contributed by atoms with Crippen LogP contribution >= 0.6 is 0 Å². The van der Waals surface area contributed by atoms with E-state index in [0.29, 0.717) is 13.0 Å². The van der Waals surface area contributed by atoms with Gasteiger partial charge < -0.3 is 14.4 Å². The van der Waals surface area contributed by atoms with Crippen molar-refractivity contribution >= 4 is 5.97 Å². The third-order valence-electron chi connectivity index (χ3n) is 2.69. The molecule has 19 heavy (non-hydrogen) atoms. The van der Waals surface area contributed by atoms with Crippen LogP contribution in [0.3, 0.4) is 0 Å². The normalized spacial score (nSPS) is 10.3. The molecule has 0 aliphatic carbocycles. The zero-order valence-corrected chi connectivity index (χ0v) is 10.5. The number of unbranched alkanes of at least 4 members (excludes halogenated alkanes) is 1. The van der Waals surface area contributed by atoms with Crippen LogP contribution in [0.2, 0.25) is 0 Å². The van der Waals surface area contributed by atoms with Gasteiger partial charge in [0.15, 0.2) is 0 Å². The van der Waals surface area contributed by atoms with E-state index in [-0.39, 0.29) is 6.42 Å². The van der Waals surface area contributed by atoms with E-state index < -0.39 is 5.97 Å². The SMILES string of the molecule is O=C(O)CCCCOc1ccccc1-n1ccnc1. The molecular weight excluding hydrogens is 244 g/mol. The lowest BCUT2D eigenvalue weighted by atomic mass is 10.2. The minimum atomic E-state index is -0.765. The van der Waals surface area contributed by atoms with Crippen LogP contribution < -0.4 is 4.74 Å². The predicted octanol–water partition coefficient (Wildman–Crippen LogP) is 2.51. The van der Waals surface area contributed by atoms with E-state index >= 15 is 0 Å². The monoisotopic (exact) mass is 260 g/mol. The molecule has 0 saturated heterocycles. The molecule has 5 heteroatoms. The molecule has 2 rings (SSSR count). The highest BCUT2D eigenvalue weighted by Crippen LogP contribution is 2.22. The molecule has 0 bridgehead atoms. The molecular formula is C14H16N2O3. The van der Waals surface area contributed by atoms with Gasteiger partial charge in [0.1, 0.15) is 5.75 Å². The van der Waals surface area contributed by atoms with Gasteiger partial charge in [0.25, 0.3) is 0 Å². The second-order valence-corrected chi connectivity index (χ2v) is 4.14. The van der Waals surface area contributed by atoms with E-state index in [1.165, 1.54) is 0 Å². The summed E-state index contributed by atoms with van der Waals surface area (Å²) in [4.78, 5) is 14.4. The van der Waals surface area contributed by atoms with Gasteiger partial charge in [0.2, 0.25) is 0 Å². The van der Waals surface area contributed by atoms with E-state index in [2.05, 4.69) is 4.98 Å². The number of ether oxygens (including phenoxy) is 1. The lowest BCUT2D eigenvalue weighted by Crippen LogP contribution is -2.03. The van der Waals surface area contributed by atoms with Crippen LogP contribution in [0.4, 0.5) is 0 Å². The zero-order valence-electron chi connectivity index (χ0n) is 10.5. The number of carbonyl (C=O) groups is 1. The molecule has 1 heterocycles. The van der Waals surface area contributed by atoms with E-state index in [1.807, 2.05) is 35.0 Å². The summed E-state index contributed by atoms with van der Waals surface area (Å²) in [6, 6.07) is 7.69. The average molecular weight is 260 g/mol. The Hall–Kier alpha value is -2.30. The van der Waals surface area contributed by atoms with Gasteiger partial charge in [0.05, 0.1) is 18.6 Å². The lowest BCUT2D eigenvalue weighted by Gasteiger charge is -2.11. The molecule has 0 spiro atoms. The minimum absolute atomic E-state index is 0.187. The van der Waals surface area contributed by atoms with Crippen molar-refractivity contribution in [2.24, 2.45) is 0 Å². The fourth-order valence-corrected chi connectivity index (χ4v) is 1.75. The maximum Gasteiger partial charge on any atom is 0.303 e. The van der Waals surface area contributed by atoms with E-state index in [0.717, 1.165) is 17.9 Å². The molecule has 0 unspecified atom stereocenters. The van der Waals surface area contributed by atoms with Crippen molar-refractivity contribution < 1.29 is 14.6 Å². The number of rotatable bonds is 7. The molecule has 0 aliphatic heterocycles. The highest BCUT2D eigenvalue weighted by atomic mass is 16.5. The molecule has 0 fully saturated rings. The van der Waals surface area contributed by atoms with Gasteiger partial charge in [0, 0.05) is 18.8 Å². The van der Waals surface area contributed by atoms with Crippen molar-refractivity contribution in [1.82, 2.24) is 9.55 Å². The van der Waals surface area contributed by atoms with Crippen molar-refractivity contribution in [3.63, 3.8) is 0 Å². The first-order chi connectivity index (χ1) is 9.27.